The summed E-state index contributed by atoms with van der Waals surface area (Å²) in [6.07, 6.45) is 0.291. The maximum Gasteiger partial charge on any atom is 0.264 e. The van der Waals surface area contributed by atoms with E-state index in [9.17, 15) is 4.79 Å². The van der Waals surface area contributed by atoms with Crippen LogP contribution in [-0.4, -0.2) is 43.1 Å². The van der Waals surface area contributed by atoms with Crippen LogP contribution in [0.4, 0.5) is 5.69 Å². The van der Waals surface area contributed by atoms with E-state index in [-0.39, 0.29) is 12.0 Å². The highest BCUT2D eigenvalue weighted by Gasteiger charge is 2.33. The van der Waals surface area contributed by atoms with Crippen LogP contribution < -0.4 is 9.64 Å². The molecule has 0 saturated carbocycles. The lowest BCUT2D eigenvalue weighted by atomic mass is 10.1. The molecule has 2 aliphatic rings. The number of amides is 1. The molecule has 2 aromatic carbocycles. The Morgan fingerprint density at radius 1 is 1.12 bits per heavy atom. The van der Waals surface area contributed by atoms with Crippen molar-refractivity contribution in [3.05, 3.63) is 58.6 Å². The van der Waals surface area contributed by atoms with E-state index in [1.54, 1.807) is 0 Å². The van der Waals surface area contributed by atoms with Crippen LogP contribution in [0.5, 0.6) is 5.75 Å². The third kappa shape index (κ3) is 3.19. The van der Waals surface area contributed by atoms with Crippen molar-refractivity contribution in [2.45, 2.75) is 19.4 Å². The molecule has 1 atom stereocenters. The molecule has 1 amide bonds. The van der Waals surface area contributed by atoms with Gasteiger partial charge in [0.2, 0.25) is 0 Å². The number of ether oxygens (including phenoxy) is 1. The first-order chi connectivity index (χ1) is 12.1. The van der Waals surface area contributed by atoms with Crippen LogP contribution in [0.3, 0.4) is 0 Å². The number of hydrogen-bond acceptors (Lipinski definition) is 3. The first kappa shape index (κ1) is 16.3. The number of aryl methyl sites for hydroxylation is 1. The number of para-hydroxylation sites is 1. The van der Waals surface area contributed by atoms with Gasteiger partial charge in [-0.15, -0.1) is 0 Å². The molecule has 4 nitrogen and oxygen atoms in total. The van der Waals surface area contributed by atoms with E-state index in [0.29, 0.717) is 19.5 Å². The van der Waals surface area contributed by atoms with E-state index in [2.05, 4.69) is 11.8 Å². The summed E-state index contributed by atoms with van der Waals surface area (Å²) in [5.41, 5.74) is 3.48. The second-order valence-corrected chi connectivity index (χ2v) is 7.10. The molecule has 0 bridgehead atoms. The van der Waals surface area contributed by atoms with Crippen LogP contribution in [0, 0.1) is 6.92 Å². The molecule has 5 heteroatoms. The second kappa shape index (κ2) is 6.60. The van der Waals surface area contributed by atoms with Crippen LogP contribution in [0.1, 0.15) is 11.1 Å². The number of carbonyl (C=O) groups is 1. The zero-order chi connectivity index (χ0) is 17.4. The lowest BCUT2D eigenvalue weighted by Gasteiger charge is -2.37. The third-order valence-electron chi connectivity index (χ3n) is 5.03. The molecule has 1 fully saturated rings. The lowest BCUT2D eigenvalue weighted by molar-refractivity contribution is -0.138. The average Bonchev–Trinajstić information content (AvgIpc) is 3.07. The van der Waals surface area contributed by atoms with E-state index in [1.165, 1.54) is 5.56 Å². The quantitative estimate of drug-likeness (QED) is 0.827. The molecule has 0 N–H and O–H groups in total. The first-order valence-electron chi connectivity index (χ1n) is 8.66. The monoisotopic (exact) mass is 356 g/mol. The zero-order valence-corrected chi connectivity index (χ0v) is 15.0. The van der Waals surface area contributed by atoms with Crippen molar-refractivity contribution in [2.75, 3.05) is 31.1 Å². The predicted molar refractivity (Wildman–Crippen MR) is 99.5 cm³/mol. The molecule has 2 aliphatic heterocycles. The molecule has 0 radical (unpaired) electrons. The normalized spacial score (nSPS) is 19.5. The van der Waals surface area contributed by atoms with Crippen LogP contribution in [0.25, 0.3) is 0 Å². The van der Waals surface area contributed by atoms with Crippen molar-refractivity contribution >= 4 is 23.2 Å². The highest BCUT2D eigenvalue weighted by Crippen LogP contribution is 2.30. The van der Waals surface area contributed by atoms with E-state index in [0.717, 1.165) is 35.1 Å². The highest BCUT2D eigenvalue weighted by atomic mass is 35.5. The smallest absolute Gasteiger partial charge is 0.264 e. The van der Waals surface area contributed by atoms with Crippen molar-refractivity contribution in [2.24, 2.45) is 0 Å². The minimum absolute atomic E-state index is 0.0960. The van der Waals surface area contributed by atoms with Gasteiger partial charge in [-0.05, 0) is 36.2 Å². The molecule has 2 heterocycles. The molecule has 25 heavy (non-hydrogen) atoms. The Morgan fingerprint density at radius 2 is 1.88 bits per heavy atom. The number of benzene rings is 2. The van der Waals surface area contributed by atoms with Gasteiger partial charge in [0, 0.05) is 43.3 Å². The Kier molecular flexibility index (Phi) is 4.30. The number of hydrogen-bond donors (Lipinski definition) is 0. The Morgan fingerprint density at radius 3 is 2.64 bits per heavy atom. The summed E-state index contributed by atoms with van der Waals surface area (Å²) in [7, 11) is 0. The van der Waals surface area contributed by atoms with E-state index >= 15 is 0 Å². The fourth-order valence-electron chi connectivity index (χ4n) is 3.61. The fourth-order valence-corrected chi connectivity index (χ4v) is 3.78. The number of nitrogens with zero attached hydrogens (tertiary/aromatic N) is 2. The Labute approximate surface area is 152 Å². The summed E-state index contributed by atoms with van der Waals surface area (Å²) in [5, 5.41) is 0.747. The number of anilines is 1. The summed E-state index contributed by atoms with van der Waals surface area (Å²) < 4.78 is 5.85. The van der Waals surface area contributed by atoms with Gasteiger partial charge < -0.3 is 14.5 Å². The van der Waals surface area contributed by atoms with Gasteiger partial charge in [0.15, 0.2) is 6.10 Å². The van der Waals surface area contributed by atoms with Crippen molar-refractivity contribution in [1.82, 2.24) is 4.90 Å². The second-order valence-electron chi connectivity index (χ2n) is 6.66. The zero-order valence-electron chi connectivity index (χ0n) is 14.2. The molecule has 0 unspecified atom stereocenters. The number of fused-ring (bicyclic) bond motifs is 1. The van der Waals surface area contributed by atoms with Crippen LogP contribution >= 0.6 is 11.6 Å². The van der Waals surface area contributed by atoms with E-state index in [1.807, 2.05) is 47.4 Å². The standard InChI is InChI=1S/C20H21ClN2O2/c1-14-6-7-16(21)13-17(14)22-8-10-23(11-9-22)20(24)19-12-15-4-2-3-5-18(15)25-19/h2-7,13,19H,8-12H2,1H3/t19-/m0/s1. The van der Waals surface area contributed by atoms with Crippen LogP contribution in [0.2, 0.25) is 5.02 Å². The molecule has 0 spiro atoms. The minimum atomic E-state index is -0.378. The minimum Gasteiger partial charge on any atom is -0.480 e. The number of carbonyl (C=O) groups excluding carboxylic acids is 1. The largest absolute Gasteiger partial charge is 0.480 e. The van der Waals surface area contributed by atoms with Gasteiger partial charge in [0.05, 0.1) is 0 Å². The number of rotatable bonds is 2. The Bertz CT molecular complexity index is 775. The van der Waals surface area contributed by atoms with Gasteiger partial charge in [-0.2, -0.15) is 0 Å². The van der Waals surface area contributed by atoms with Gasteiger partial charge in [0.25, 0.3) is 5.91 Å². The van der Waals surface area contributed by atoms with Crippen LogP contribution in [0.15, 0.2) is 42.5 Å². The number of halogens is 1. The van der Waals surface area contributed by atoms with Crippen molar-refractivity contribution < 1.29 is 9.53 Å². The van der Waals surface area contributed by atoms with Crippen LogP contribution in [-0.2, 0) is 11.2 Å². The topological polar surface area (TPSA) is 32.8 Å². The third-order valence-corrected chi connectivity index (χ3v) is 5.26. The van der Waals surface area contributed by atoms with Gasteiger partial charge in [-0.3, -0.25) is 4.79 Å². The van der Waals surface area contributed by atoms with Crippen molar-refractivity contribution in [3.8, 4) is 5.75 Å². The summed E-state index contributed by atoms with van der Waals surface area (Å²) in [4.78, 5) is 17.0. The summed E-state index contributed by atoms with van der Waals surface area (Å²) in [6.45, 7) is 5.13. The van der Waals surface area contributed by atoms with E-state index < -0.39 is 0 Å². The lowest BCUT2D eigenvalue weighted by Crippen LogP contribution is -2.52. The van der Waals surface area contributed by atoms with Gasteiger partial charge >= 0.3 is 0 Å². The average molecular weight is 357 g/mol. The maximum atomic E-state index is 12.8. The predicted octanol–water partition coefficient (Wildman–Crippen LogP) is 3.30. The SMILES string of the molecule is Cc1ccc(Cl)cc1N1CCN(C(=O)[C@@H]2Cc3ccccc3O2)CC1. The molecule has 4 rings (SSSR count). The Balaban J connectivity index is 1.39. The summed E-state index contributed by atoms with van der Waals surface area (Å²) in [6, 6.07) is 13.9. The van der Waals surface area contributed by atoms with E-state index in [4.69, 9.17) is 16.3 Å². The summed E-state index contributed by atoms with van der Waals surface area (Å²) >= 11 is 6.14. The Hall–Kier alpha value is -2.20. The van der Waals surface area contributed by atoms with Gasteiger partial charge in [0.1, 0.15) is 5.75 Å². The van der Waals surface area contributed by atoms with Gasteiger partial charge in [-0.1, -0.05) is 35.9 Å². The first-order valence-corrected chi connectivity index (χ1v) is 9.04. The summed E-state index contributed by atoms with van der Waals surface area (Å²) in [5.74, 6) is 0.938. The molecule has 130 valence electrons. The molecule has 0 aromatic heterocycles. The molecule has 2 aromatic rings. The maximum absolute atomic E-state index is 12.8. The van der Waals surface area contributed by atoms with Crippen molar-refractivity contribution in [3.63, 3.8) is 0 Å². The highest BCUT2D eigenvalue weighted by molar-refractivity contribution is 6.30. The molecule has 1 saturated heterocycles. The van der Waals surface area contributed by atoms with Crippen molar-refractivity contribution in [1.29, 1.82) is 0 Å². The fraction of sp³-hybridized carbons (Fsp3) is 0.350. The van der Waals surface area contributed by atoms with Gasteiger partial charge in [-0.25, -0.2) is 0 Å². The molecule has 0 aliphatic carbocycles. The number of piperazine rings is 1. The molecular formula is C20H21ClN2O2. The molecular weight excluding hydrogens is 336 g/mol.